The third kappa shape index (κ3) is 11.0. The van der Waals surface area contributed by atoms with Crippen LogP contribution in [-0.4, -0.2) is 23.4 Å². The molecule has 0 fully saturated rings. The first kappa shape index (κ1) is 18.4. The SMILES string of the molecule is C=CCCCCCCCCCCC[N+](C)(O)C(=C)C. The van der Waals surface area contributed by atoms with E-state index < -0.39 is 0 Å². The molecule has 0 aliphatic carbocycles. The molecule has 0 radical (unpaired) electrons. The second-order valence-corrected chi connectivity index (χ2v) is 5.86. The predicted octanol–water partition coefficient (Wildman–Crippen LogP) is 5.44. The topological polar surface area (TPSA) is 20.2 Å². The molecule has 19 heavy (non-hydrogen) atoms. The van der Waals surface area contributed by atoms with Gasteiger partial charge in [-0.1, -0.05) is 44.6 Å². The van der Waals surface area contributed by atoms with Gasteiger partial charge in [0.15, 0.2) is 0 Å². The maximum absolute atomic E-state index is 9.97. The lowest BCUT2D eigenvalue weighted by Crippen LogP contribution is -2.38. The predicted molar refractivity (Wildman–Crippen MR) is 84.0 cm³/mol. The molecular weight excluding hydrogens is 234 g/mol. The molecule has 0 spiro atoms. The maximum atomic E-state index is 9.97. The Hall–Kier alpha value is -0.600. The summed E-state index contributed by atoms with van der Waals surface area (Å²) in [5.41, 5.74) is 0.819. The summed E-state index contributed by atoms with van der Waals surface area (Å²) in [6, 6.07) is 0. The highest BCUT2D eigenvalue weighted by molar-refractivity contribution is 4.72. The van der Waals surface area contributed by atoms with Crippen LogP contribution < -0.4 is 0 Å². The molecule has 0 amide bonds. The van der Waals surface area contributed by atoms with E-state index in [1.807, 2.05) is 20.0 Å². The molecule has 0 aliphatic rings. The summed E-state index contributed by atoms with van der Waals surface area (Å²) < 4.78 is -0.0245. The molecule has 1 N–H and O–H groups in total. The monoisotopic (exact) mass is 268 g/mol. The van der Waals surface area contributed by atoms with Gasteiger partial charge in [0.1, 0.15) is 19.3 Å². The maximum Gasteiger partial charge on any atom is 0.130 e. The van der Waals surface area contributed by atoms with Gasteiger partial charge in [-0.25, -0.2) is 5.21 Å². The number of nitrogens with zero attached hydrogens (tertiary/aromatic N) is 1. The number of hydrogen-bond acceptors (Lipinski definition) is 1. The van der Waals surface area contributed by atoms with Gasteiger partial charge >= 0.3 is 0 Å². The Morgan fingerprint density at radius 3 is 1.79 bits per heavy atom. The second-order valence-electron chi connectivity index (χ2n) is 5.86. The van der Waals surface area contributed by atoms with E-state index in [1.54, 1.807) is 0 Å². The van der Waals surface area contributed by atoms with Gasteiger partial charge in [0.2, 0.25) is 0 Å². The largest absolute Gasteiger partial charge is 0.212 e. The average molecular weight is 268 g/mol. The Morgan fingerprint density at radius 2 is 1.37 bits per heavy atom. The zero-order valence-corrected chi connectivity index (χ0v) is 13.2. The lowest BCUT2D eigenvalue weighted by Gasteiger charge is -2.24. The van der Waals surface area contributed by atoms with Crippen LogP contribution in [0.1, 0.15) is 71.1 Å². The van der Waals surface area contributed by atoms with Crippen molar-refractivity contribution in [2.75, 3.05) is 13.6 Å². The zero-order chi connectivity index (χ0) is 14.6. The van der Waals surface area contributed by atoms with Crippen LogP contribution in [0.4, 0.5) is 0 Å². The summed E-state index contributed by atoms with van der Waals surface area (Å²) in [5.74, 6) is 0. The van der Waals surface area contributed by atoms with Crippen LogP contribution in [-0.2, 0) is 0 Å². The van der Waals surface area contributed by atoms with Crippen LogP contribution >= 0.6 is 0 Å². The van der Waals surface area contributed by atoms with Gasteiger partial charge in [0.05, 0.1) is 0 Å². The molecule has 0 saturated carbocycles. The minimum absolute atomic E-state index is 0.0245. The molecule has 1 atom stereocenters. The summed E-state index contributed by atoms with van der Waals surface area (Å²) in [7, 11) is 1.81. The second kappa shape index (κ2) is 11.2. The molecule has 2 nitrogen and oxygen atoms in total. The average Bonchev–Trinajstić information content (AvgIpc) is 2.35. The lowest BCUT2D eigenvalue weighted by molar-refractivity contribution is -1.06. The van der Waals surface area contributed by atoms with Crippen molar-refractivity contribution in [3.8, 4) is 0 Å². The van der Waals surface area contributed by atoms with E-state index in [4.69, 9.17) is 0 Å². The van der Waals surface area contributed by atoms with Crippen molar-refractivity contribution in [3.63, 3.8) is 0 Å². The van der Waals surface area contributed by atoms with Crippen molar-refractivity contribution in [2.24, 2.45) is 0 Å². The summed E-state index contributed by atoms with van der Waals surface area (Å²) in [6.45, 7) is 10.2. The van der Waals surface area contributed by atoms with Crippen LogP contribution in [0.25, 0.3) is 0 Å². The van der Waals surface area contributed by atoms with Crippen molar-refractivity contribution >= 4 is 0 Å². The first-order valence-electron chi connectivity index (χ1n) is 7.86. The molecule has 0 saturated heterocycles. The van der Waals surface area contributed by atoms with E-state index in [-0.39, 0.29) is 4.65 Å². The third-order valence-electron chi connectivity index (χ3n) is 3.82. The fourth-order valence-electron chi connectivity index (χ4n) is 2.14. The van der Waals surface area contributed by atoms with Crippen LogP contribution in [0.15, 0.2) is 24.9 Å². The van der Waals surface area contributed by atoms with Crippen LogP contribution in [0.5, 0.6) is 0 Å². The van der Waals surface area contributed by atoms with Gasteiger partial charge in [0.25, 0.3) is 0 Å². The summed E-state index contributed by atoms with van der Waals surface area (Å²) in [4.78, 5) is 0. The number of hydrogen-bond donors (Lipinski definition) is 1. The van der Waals surface area contributed by atoms with E-state index >= 15 is 0 Å². The van der Waals surface area contributed by atoms with Gasteiger partial charge in [-0.2, -0.15) is 4.65 Å². The first-order chi connectivity index (χ1) is 9.00. The third-order valence-corrected chi connectivity index (χ3v) is 3.82. The Labute approximate surface area is 120 Å². The summed E-state index contributed by atoms with van der Waals surface area (Å²) in [6.07, 6.45) is 14.9. The standard InChI is InChI=1S/C17H34NO/c1-5-6-7-8-9-10-11-12-13-14-15-16-18(4,19)17(2)3/h5,19H,1-2,6-16H2,3-4H3/q+1. The van der Waals surface area contributed by atoms with Crippen molar-refractivity contribution in [3.05, 3.63) is 24.9 Å². The van der Waals surface area contributed by atoms with E-state index in [0.717, 1.165) is 18.7 Å². The number of allylic oxidation sites excluding steroid dienone is 2. The van der Waals surface area contributed by atoms with Crippen LogP contribution in [0.2, 0.25) is 0 Å². The number of rotatable bonds is 13. The summed E-state index contributed by atoms with van der Waals surface area (Å²) in [5, 5.41) is 9.97. The number of unbranched alkanes of at least 4 members (excludes halogenated alkanes) is 9. The molecule has 0 rings (SSSR count). The van der Waals surface area contributed by atoms with Crippen molar-refractivity contribution in [1.29, 1.82) is 0 Å². The molecule has 0 heterocycles. The molecule has 0 aromatic rings. The molecule has 2 heteroatoms. The molecule has 0 aromatic heterocycles. The minimum Gasteiger partial charge on any atom is -0.212 e. The molecular formula is C17H34NO+. The Bertz CT molecular complexity index is 246. The highest BCUT2D eigenvalue weighted by Gasteiger charge is 2.19. The van der Waals surface area contributed by atoms with Gasteiger partial charge in [-0.3, -0.25) is 0 Å². The quantitative estimate of drug-likeness (QED) is 0.204. The lowest BCUT2D eigenvalue weighted by atomic mass is 10.1. The molecule has 1 unspecified atom stereocenters. The van der Waals surface area contributed by atoms with E-state index in [2.05, 4.69) is 13.2 Å². The Balaban J connectivity index is 3.23. The van der Waals surface area contributed by atoms with Gasteiger partial charge in [-0.05, 0) is 32.3 Å². The highest BCUT2D eigenvalue weighted by atomic mass is 16.5. The highest BCUT2D eigenvalue weighted by Crippen LogP contribution is 2.13. The molecule has 0 bridgehead atoms. The van der Waals surface area contributed by atoms with Crippen molar-refractivity contribution in [2.45, 2.75) is 71.1 Å². The van der Waals surface area contributed by atoms with E-state index in [1.165, 1.54) is 57.8 Å². The van der Waals surface area contributed by atoms with Crippen LogP contribution in [0.3, 0.4) is 0 Å². The molecule has 0 aliphatic heterocycles. The Kier molecular flexibility index (Phi) is 10.9. The van der Waals surface area contributed by atoms with Crippen molar-refractivity contribution in [1.82, 2.24) is 0 Å². The van der Waals surface area contributed by atoms with Gasteiger partial charge in [0, 0.05) is 6.92 Å². The van der Waals surface area contributed by atoms with E-state index in [0.29, 0.717) is 0 Å². The molecule has 0 aromatic carbocycles. The van der Waals surface area contributed by atoms with E-state index in [9.17, 15) is 5.21 Å². The normalized spacial score (nSPS) is 14.1. The van der Waals surface area contributed by atoms with Gasteiger partial charge < -0.3 is 0 Å². The minimum atomic E-state index is -0.0245. The zero-order valence-electron chi connectivity index (χ0n) is 13.2. The smallest absolute Gasteiger partial charge is 0.130 e. The summed E-state index contributed by atoms with van der Waals surface area (Å²) >= 11 is 0. The molecule has 112 valence electrons. The van der Waals surface area contributed by atoms with Crippen LogP contribution in [0, 0.1) is 0 Å². The number of hydroxylamine groups is 3. The van der Waals surface area contributed by atoms with Gasteiger partial charge in [-0.15, -0.1) is 6.58 Å². The van der Waals surface area contributed by atoms with Crippen molar-refractivity contribution < 1.29 is 9.85 Å². The Morgan fingerprint density at radius 1 is 0.947 bits per heavy atom. The fraction of sp³-hybridized carbons (Fsp3) is 0.765. The fourth-order valence-corrected chi connectivity index (χ4v) is 2.14. The first-order valence-corrected chi connectivity index (χ1v) is 7.86. The number of quaternary nitrogens is 1.